The molecule has 5 heteroatoms. The lowest BCUT2D eigenvalue weighted by Gasteiger charge is -2.11. The molecule has 0 atom stereocenters. The Morgan fingerprint density at radius 1 is 1.54 bits per heavy atom. The Kier molecular flexibility index (Phi) is 2.69. The van der Waals surface area contributed by atoms with Gasteiger partial charge in [-0.25, -0.2) is 4.98 Å². The first-order valence-electron chi connectivity index (χ1n) is 3.77. The first kappa shape index (κ1) is 9.31. The molecule has 5 nitrogen and oxygen atoms in total. The second-order valence-electron chi connectivity index (χ2n) is 2.76. The Morgan fingerprint density at radius 3 is 2.77 bits per heavy atom. The minimum Gasteiger partial charge on any atom is -0.409 e. The third-order valence-corrected chi connectivity index (χ3v) is 1.56. The van der Waals surface area contributed by atoms with Crippen molar-refractivity contribution in [2.45, 2.75) is 0 Å². The number of amidine groups is 1. The maximum atomic E-state index is 8.43. The molecule has 0 amide bonds. The second kappa shape index (κ2) is 3.75. The van der Waals surface area contributed by atoms with Gasteiger partial charge < -0.3 is 15.8 Å². The summed E-state index contributed by atoms with van der Waals surface area (Å²) in [5.41, 5.74) is 5.85. The van der Waals surface area contributed by atoms with E-state index in [9.17, 15) is 0 Å². The van der Waals surface area contributed by atoms with Crippen LogP contribution in [0.3, 0.4) is 0 Å². The van der Waals surface area contributed by atoms with Gasteiger partial charge in [0.15, 0.2) is 5.84 Å². The van der Waals surface area contributed by atoms with Gasteiger partial charge in [-0.05, 0) is 12.1 Å². The van der Waals surface area contributed by atoms with Crippen molar-refractivity contribution in [2.24, 2.45) is 10.9 Å². The molecule has 0 unspecified atom stereocenters. The van der Waals surface area contributed by atoms with Gasteiger partial charge in [0, 0.05) is 14.1 Å². The van der Waals surface area contributed by atoms with Crippen LogP contribution in [0.2, 0.25) is 0 Å². The number of hydrogen-bond acceptors (Lipinski definition) is 4. The molecule has 0 saturated heterocycles. The molecule has 0 aliphatic heterocycles. The van der Waals surface area contributed by atoms with Crippen LogP contribution in [0.25, 0.3) is 0 Å². The van der Waals surface area contributed by atoms with E-state index >= 15 is 0 Å². The number of rotatable bonds is 2. The van der Waals surface area contributed by atoms with E-state index < -0.39 is 0 Å². The highest BCUT2D eigenvalue weighted by Gasteiger charge is 2.02. The van der Waals surface area contributed by atoms with E-state index in [2.05, 4.69) is 10.1 Å². The normalized spacial score (nSPS) is 11.4. The predicted molar refractivity (Wildman–Crippen MR) is 51.1 cm³/mol. The Labute approximate surface area is 76.5 Å². The average molecular weight is 180 g/mol. The van der Waals surface area contributed by atoms with E-state index in [0.717, 1.165) is 5.82 Å². The van der Waals surface area contributed by atoms with E-state index in [-0.39, 0.29) is 5.84 Å². The Hall–Kier alpha value is -1.78. The van der Waals surface area contributed by atoms with Gasteiger partial charge in [-0.2, -0.15) is 0 Å². The van der Waals surface area contributed by atoms with E-state index in [1.54, 1.807) is 12.1 Å². The third-order valence-electron chi connectivity index (χ3n) is 1.56. The molecular formula is C8H12N4O. The molecule has 0 spiro atoms. The van der Waals surface area contributed by atoms with Crippen LogP contribution in [0.1, 0.15) is 5.69 Å². The summed E-state index contributed by atoms with van der Waals surface area (Å²) in [6.07, 6.45) is 0. The molecule has 0 aliphatic carbocycles. The first-order chi connectivity index (χ1) is 6.15. The number of hydrogen-bond donors (Lipinski definition) is 2. The Balaban J connectivity index is 3.05. The molecular weight excluding hydrogens is 168 g/mol. The van der Waals surface area contributed by atoms with Gasteiger partial charge in [-0.3, -0.25) is 0 Å². The lowest BCUT2D eigenvalue weighted by molar-refractivity contribution is 0.318. The molecule has 13 heavy (non-hydrogen) atoms. The summed E-state index contributed by atoms with van der Waals surface area (Å²) in [6.45, 7) is 0. The summed E-state index contributed by atoms with van der Waals surface area (Å²) >= 11 is 0. The highest BCUT2D eigenvalue weighted by molar-refractivity contribution is 5.95. The number of aromatic nitrogens is 1. The lowest BCUT2D eigenvalue weighted by Crippen LogP contribution is -2.17. The average Bonchev–Trinajstić information content (AvgIpc) is 2.17. The van der Waals surface area contributed by atoms with Crippen molar-refractivity contribution in [3.05, 3.63) is 23.9 Å². The third kappa shape index (κ3) is 2.08. The van der Waals surface area contributed by atoms with Crippen molar-refractivity contribution >= 4 is 11.7 Å². The molecule has 1 aromatic rings. The first-order valence-corrected chi connectivity index (χ1v) is 3.77. The van der Waals surface area contributed by atoms with Crippen LogP contribution >= 0.6 is 0 Å². The highest BCUT2D eigenvalue weighted by atomic mass is 16.4. The Morgan fingerprint density at radius 2 is 2.23 bits per heavy atom. The monoisotopic (exact) mass is 180 g/mol. The van der Waals surface area contributed by atoms with Crippen LogP contribution in [-0.4, -0.2) is 30.1 Å². The summed E-state index contributed by atoms with van der Waals surface area (Å²) < 4.78 is 0. The molecule has 0 aromatic carbocycles. The van der Waals surface area contributed by atoms with Crippen molar-refractivity contribution < 1.29 is 5.21 Å². The van der Waals surface area contributed by atoms with E-state index in [4.69, 9.17) is 10.9 Å². The molecule has 70 valence electrons. The molecule has 0 fully saturated rings. The van der Waals surface area contributed by atoms with E-state index in [0.29, 0.717) is 5.69 Å². The fourth-order valence-electron chi connectivity index (χ4n) is 0.866. The summed E-state index contributed by atoms with van der Waals surface area (Å²) in [7, 11) is 3.75. The van der Waals surface area contributed by atoms with Gasteiger partial charge in [-0.15, -0.1) is 0 Å². The molecule has 0 bridgehead atoms. The van der Waals surface area contributed by atoms with Crippen molar-refractivity contribution in [3.63, 3.8) is 0 Å². The molecule has 0 radical (unpaired) electrons. The number of nitrogens with zero attached hydrogens (tertiary/aromatic N) is 3. The van der Waals surface area contributed by atoms with E-state index in [1.165, 1.54) is 0 Å². The van der Waals surface area contributed by atoms with Gasteiger partial charge in [0.25, 0.3) is 0 Å². The molecule has 0 saturated carbocycles. The summed E-state index contributed by atoms with van der Waals surface area (Å²) in [6, 6.07) is 5.33. The van der Waals surface area contributed by atoms with Gasteiger partial charge in [0.05, 0.1) is 0 Å². The van der Waals surface area contributed by atoms with Crippen LogP contribution < -0.4 is 10.6 Å². The summed E-state index contributed by atoms with van der Waals surface area (Å²) in [5, 5.41) is 11.3. The number of anilines is 1. The van der Waals surface area contributed by atoms with Gasteiger partial charge >= 0.3 is 0 Å². The summed E-state index contributed by atoms with van der Waals surface area (Å²) in [4.78, 5) is 5.99. The molecule has 1 aromatic heterocycles. The number of nitrogens with two attached hydrogens (primary N) is 1. The zero-order chi connectivity index (χ0) is 9.84. The van der Waals surface area contributed by atoms with Crippen LogP contribution in [0.5, 0.6) is 0 Å². The molecule has 1 heterocycles. The van der Waals surface area contributed by atoms with Crippen molar-refractivity contribution in [3.8, 4) is 0 Å². The SMILES string of the molecule is CN(C)c1cccc(C(N)=NO)n1. The zero-order valence-corrected chi connectivity index (χ0v) is 7.60. The fraction of sp³-hybridized carbons (Fsp3) is 0.250. The van der Waals surface area contributed by atoms with Crippen molar-refractivity contribution in [1.82, 2.24) is 4.98 Å². The standard InChI is InChI=1S/C8H12N4O/c1-12(2)7-5-3-4-6(10-7)8(9)11-13/h3-5,13H,1-2H3,(H2,9,11). The van der Waals surface area contributed by atoms with Crippen LogP contribution in [0.15, 0.2) is 23.4 Å². The van der Waals surface area contributed by atoms with E-state index in [1.807, 2.05) is 25.1 Å². The van der Waals surface area contributed by atoms with Crippen LogP contribution in [0, 0.1) is 0 Å². The van der Waals surface area contributed by atoms with Crippen LogP contribution in [0.4, 0.5) is 5.82 Å². The predicted octanol–water partition coefficient (Wildman–Crippen LogP) is 0.242. The number of oxime groups is 1. The topological polar surface area (TPSA) is 74.7 Å². The second-order valence-corrected chi connectivity index (χ2v) is 2.76. The quantitative estimate of drug-likeness (QED) is 0.296. The maximum absolute atomic E-state index is 8.43. The van der Waals surface area contributed by atoms with Gasteiger partial charge in [0.2, 0.25) is 0 Å². The minimum atomic E-state index is 0.0173. The van der Waals surface area contributed by atoms with Crippen molar-refractivity contribution in [2.75, 3.05) is 19.0 Å². The summed E-state index contributed by atoms with van der Waals surface area (Å²) in [5.74, 6) is 0.785. The smallest absolute Gasteiger partial charge is 0.188 e. The highest BCUT2D eigenvalue weighted by Crippen LogP contribution is 2.07. The van der Waals surface area contributed by atoms with Crippen molar-refractivity contribution in [1.29, 1.82) is 0 Å². The van der Waals surface area contributed by atoms with Crippen LogP contribution in [-0.2, 0) is 0 Å². The largest absolute Gasteiger partial charge is 0.409 e. The van der Waals surface area contributed by atoms with Gasteiger partial charge in [-0.1, -0.05) is 11.2 Å². The lowest BCUT2D eigenvalue weighted by atomic mass is 10.3. The minimum absolute atomic E-state index is 0.0173. The molecule has 1 rings (SSSR count). The number of pyridine rings is 1. The zero-order valence-electron chi connectivity index (χ0n) is 7.60. The molecule has 3 N–H and O–H groups in total. The fourth-order valence-corrected chi connectivity index (χ4v) is 0.866. The van der Waals surface area contributed by atoms with Gasteiger partial charge in [0.1, 0.15) is 11.5 Å². The maximum Gasteiger partial charge on any atom is 0.188 e. The Bertz CT molecular complexity index is 322. The molecule has 0 aliphatic rings.